The number of hydrogen-bond donors (Lipinski definition) is 1. The molecule has 3 aliphatic heterocycles. The van der Waals surface area contributed by atoms with Crippen LogP contribution in [0.5, 0.6) is 11.5 Å². The van der Waals surface area contributed by atoms with Gasteiger partial charge in [-0.05, 0) is 44.4 Å². The number of fused-ring (bicyclic) bond motifs is 1. The molecule has 1 amide bonds. The zero-order chi connectivity index (χ0) is 19.9. The van der Waals surface area contributed by atoms with Crippen LogP contribution < -0.4 is 14.2 Å². The van der Waals surface area contributed by atoms with Gasteiger partial charge < -0.3 is 14.4 Å². The smallest absolute Gasteiger partial charge is 0.342 e. The molecule has 0 saturated carbocycles. The number of amides is 1. The molecule has 1 saturated heterocycles. The van der Waals surface area contributed by atoms with Crippen molar-refractivity contribution >= 4 is 21.8 Å². The second-order valence-corrected chi connectivity index (χ2v) is 8.52. The number of likely N-dealkylation sites (tertiary alicyclic amines) is 1. The highest BCUT2D eigenvalue weighted by Crippen LogP contribution is 2.38. The monoisotopic (exact) mass is 405 g/mol. The first kappa shape index (κ1) is 18.8. The minimum atomic E-state index is -3.70. The van der Waals surface area contributed by atoms with Gasteiger partial charge >= 0.3 is 10.2 Å². The minimum absolute atomic E-state index is 0.0261. The van der Waals surface area contributed by atoms with Crippen molar-refractivity contribution in [3.8, 4) is 11.5 Å². The van der Waals surface area contributed by atoms with E-state index < -0.39 is 10.2 Å². The SMILES string of the molecule is CC1=NS(=O)(=O)NC(C)=C1CC(=O)N1CCC[C@@H]1c1ccc2c(c1)OCCO2. The zero-order valence-corrected chi connectivity index (χ0v) is 16.7. The summed E-state index contributed by atoms with van der Waals surface area (Å²) in [6, 6.07) is 5.80. The van der Waals surface area contributed by atoms with E-state index in [0.717, 1.165) is 24.2 Å². The van der Waals surface area contributed by atoms with Crippen LogP contribution in [-0.4, -0.2) is 44.7 Å². The van der Waals surface area contributed by atoms with E-state index in [1.54, 1.807) is 13.8 Å². The fourth-order valence-corrected chi connectivity index (χ4v) is 5.00. The van der Waals surface area contributed by atoms with Gasteiger partial charge in [-0.3, -0.25) is 9.52 Å². The molecular weight excluding hydrogens is 382 g/mol. The molecule has 0 spiro atoms. The summed E-state index contributed by atoms with van der Waals surface area (Å²) < 4.78 is 40.6. The first-order chi connectivity index (χ1) is 13.3. The van der Waals surface area contributed by atoms with Crippen molar-refractivity contribution < 1.29 is 22.7 Å². The van der Waals surface area contributed by atoms with Crippen molar-refractivity contribution in [2.75, 3.05) is 19.8 Å². The number of benzene rings is 1. The molecule has 28 heavy (non-hydrogen) atoms. The van der Waals surface area contributed by atoms with E-state index in [9.17, 15) is 13.2 Å². The van der Waals surface area contributed by atoms with Crippen molar-refractivity contribution in [3.63, 3.8) is 0 Å². The zero-order valence-electron chi connectivity index (χ0n) is 15.9. The van der Waals surface area contributed by atoms with Gasteiger partial charge in [0.2, 0.25) is 5.91 Å². The lowest BCUT2D eigenvalue weighted by Crippen LogP contribution is -2.34. The predicted molar refractivity (Wildman–Crippen MR) is 104 cm³/mol. The molecule has 0 aromatic heterocycles. The standard InChI is InChI=1S/C19H23N3O5S/c1-12-15(13(2)21-28(24,25)20-12)11-19(23)22-7-3-4-16(22)14-5-6-17-18(10-14)27-9-8-26-17/h5-6,10,16,20H,3-4,7-9,11H2,1-2H3/t16-/m1/s1. The fourth-order valence-electron chi connectivity index (χ4n) is 3.98. The Morgan fingerprint density at radius 1 is 1.25 bits per heavy atom. The average molecular weight is 405 g/mol. The molecule has 1 atom stereocenters. The molecular formula is C19H23N3O5S. The maximum atomic E-state index is 13.0. The van der Waals surface area contributed by atoms with E-state index in [2.05, 4.69) is 9.12 Å². The van der Waals surface area contributed by atoms with Crippen LogP contribution in [0.2, 0.25) is 0 Å². The number of nitrogens with one attached hydrogen (secondary N) is 1. The van der Waals surface area contributed by atoms with Crippen LogP contribution in [0, 0.1) is 0 Å². The van der Waals surface area contributed by atoms with Gasteiger partial charge in [-0.2, -0.15) is 8.42 Å². The summed E-state index contributed by atoms with van der Waals surface area (Å²) in [6.45, 7) is 5.00. The second-order valence-electron chi connectivity index (χ2n) is 7.18. The quantitative estimate of drug-likeness (QED) is 0.831. The Bertz CT molecular complexity index is 983. The number of allylic oxidation sites excluding steroid dienone is 1. The van der Waals surface area contributed by atoms with E-state index in [0.29, 0.717) is 42.5 Å². The molecule has 0 aliphatic carbocycles. The highest BCUT2D eigenvalue weighted by Gasteiger charge is 2.32. The summed E-state index contributed by atoms with van der Waals surface area (Å²) in [5.41, 5.74) is 2.47. The highest BCUT2D eigenvalue weighted by molar-refractivity contribution is 7.88. The van der Waals surface area contributed by atoms with Crippen molar-refractivity contribution in [2.24, 2.45) is 4.40 Å². The third kappa shape index (κ3) is 3.58. The lowest BCUT2D eigenvalue weighted by Gasteiger charge is -2.28. The maximum Gasteiger partial charge on any atom is 0.342 e. The molecule has 0 radical (unpaired) electrons. The van der Waals surface area contributed by atoms with Crippen LogP contribution in [0.3, 0.4) is 0 Å². The number of rotatable bonds is 3. The molecule has 0 unspecified atom stereocenters. The Hall–Kier alpha value is -2.55. The summed E-state index contributed by atoms with van der Waals surface area (Å²) in [7, 11) is -3.70. The van der Waals surface area contributed by atoms with E-state index in [4.69, 9.17) is 9.47 Å². The van der Waals surface area contributed by atoms with Gasteiger partial charge in [0.05, 0.1) is 18.2 Å². The number of carbonyl (C=O) groups is 1. The van der Waals surface area contributed by atoms with Crippen LogP contribution in [0.25, 0.3) is 0 Å². The van der Waals surface area contributed by atoms with Gasteiger partial charge in [0.15, 0.2) is 11.5 Å². The average Bonchev–Trinajstić information content (AvgIpc) is 3.13. The Balaban J connectivity index is 1.54. The van der Waals surface area contributed by atoms with Crippen molar-refractivity contribution in [2.45, 2.75) is 39.2 Å². The van der Waals surface area contributed by atoms with Crippen molar-refractivity contribution in [1.82, 2.24) is 9.62 Å². The molecule has 4 rings (SSSR count). The van der Waals surface area contributed by atoms with Gasteiger partial charge in [-0.15, -0.1) is 4.40 Å². The minimum Gasteiger partial charge on any atom is -0.486 e. The summed E-state index contributed by atoms with van der Waals surface area (Å²) in [5, 5.41) is 0. The van der Waals surface area contributed by atoms with Gasteiger partial charge in [0, 0.05) is 17.8 Å². The third-order valence-corrected chi connectivity index (χ3v) is 6.36. The summed E-state index contributed by atoms with van der Waals surface area (Å²) in [5.74, 6) is 1.40. The number of nitrogens with zero attached hydrogens (tertiary/aromatic N) is 2. The summed E-state index contributed by atoms with van der Waals surface area (Å²) in [6.07, 6.45) is 1.91. The highest BCUT2D eigenvalue weighted by atomic mass is 32.2. The molecule has 150 valence electrons. The van der Waals surface area contributed by atoms with Crippen LogP contribution in [0.15, 0.2) is 33.9 Å². The summed E-state index contributed by atoms with van der Waals surface area (Å²) >= 11 is 0. The molecule has 3 aliphatic rings. The molecule has 3 heterocycles. The second kappa shape index (κ2) is 7.12. The number of ether oxygens (including phenoxy) is 2. The fraction of sp³-hybridized carbons (Fsp3) is 0.474. The van der Waals surface area contributed by atoms with Crippen molar-refractivity contribution in [1.29, 1.82) is 0 Å². The van der Waals surface area contributed by atoms with E-state index in [1.807, 2.05) is 23.1 Å². The first-order valence-electron chi connectivity index (χ1n) is 9.32. The predicted octanol–water partition coefficient (Wildman–Crippen LogP) is 2.09. The molecule has 9 heteroatoms. The van der Waals surface area contributed by atoms with Crippen LogP contribution in [0.1, 0.15) is 44.7 Å². The van der Waals surface area contributed by atoms with Gasteiger partial charge in [0.1, 0.15) is 13.2 Å². The van der Waals surface area contributed by atoms with Gasteiger partial charge in [-0.1, -0.05) is 6.07 Å². The van der Waals surface area contributed by atoms with E-state index in [1.165, 1.54) is 0 Å². The van der Waals surface area contributed by atoms with Gasteiger partial charge in [-0.25, -0.2) is 0 Å². The summed E-state index contributed by atoms with van der Waals surface area (Å²) in [4.78, 5) is 14.9. The van der Waals surface area contributed by atoms with Gasteiger partial charge in [0.25, 0.3) is 0 Å². The van der Waals surface area contributed by atoms with Crippen LogP contribution in [0.4, 0.5) is 0 Å². The Morgan fingerprint density at radius 3 is 2.75 bits per heavy atom. The lowest BCUT2D eigenvalue weighted by molar-refractivity contribution is -0.131. The lowest BCUT2D eigenvalue weighted by atomic mass is 10.0. The Kier molecular flexibility index (Phi) is 4.78. The molecule has 1 fully saturated rings. The molecule has 0 bridgehead atoms. The molecule has 1 aromatic carbocycles. The van der Waals surface area contributed by atoms with E-state index in [-0.39, 0.29) is 18.4 Å². The van der Waals surface area contributed by atoms with Crippen LogP contribution in [-0.2, 0) is 15.0 Å². The largest absolute Gasteiger partial charge is 0.486 e. The number of hydrogen-bond acceptors (Lipinski definition) is 5. The first-order valence-corrected chi connectivity index (χ1v) is 10.8. The van der Waals surface area contributed by atoms with Crippen molar-refractivity contribution in [3.05, 3.63) is 35.0 Å². The Morgan fingerprint density at radius 2 is 2.00 bits per heavy atom. The topological polar surface area (TPSA) is 97.3 Å². The normalized spacial score (nSPS) is 23.3. The molecule has 8 nitrogen and oxygen atoms in total. The number of carbonyl (C=O) groups excluding carboxylic acids is 1. The molecule has 1 aromatic rings. The Labute approximate surface area is 164 Å². The van der Waals surface area contributed by atoms with E-state index >= 15 is 0 Å². The third-order valence-electron chi connectivity index (χ3n) is 5.28. The van der Waals surface area contributed by atoms with Crippen LogP contribution >= 0.6 is 0 Å². The maximum absolute atomic E-state index is 13.0. The molecule has 1 N–H and O–H groups in total.